The Labute approximate surface area is 161 Å². The summed E-state index contributed by atoms with van der Waals surface area (Å²) in [5.74, 6) is 0.567. The Kier molecular flexibility index (Phi) is 7.86. The van der Waals surface area contributed by atoms with Crippen molar-refractivity contribution in [1.29, 1.82) is 0 Å². The van der Waals surface area contributed by atoms with E-state index >= 15 is 0 Å². The molecule has 5 heteroatoms. The van der Waals surface area contributed by atoms with Crippen LogP contribution in [0.25, 0.3) is 0 Å². The molecule has 0 radical (unpaired) electrons. The molecule has 0 aliphatic rings. The molecule has 0 aliphatic heterocycles. The van der Waals surface area contributed by atoms with Crippen molar-refractivity contribution in [2.75, 3.05) is 27.2 Å². The summed E-state index contributed by atoms with van der Waals surface area (Å²) in [5, 5.41) is 2.91. The van der Waals surface area contributed by atoms with E-state index in [1.54, 1.807) is 43.3 Å². The molecule has 0 unspecified atom stereocenters. The second kappa shape index (κ2) is 10.4. The normalized spacial score (nSPS) is 10.3. The average Bonchev–Trinajstić information content (AvgIpc) is 2.71. The van der Waals surface area contributed by atoms with Crippen LogP contribution in [0.3, 0.4) is 0 Å². The zero-order chi connectivity index (χ0) is 19.6. The summed E-state index contributed by atoms with van der Waals surface area (Å²) in [7, 11) is 3.43. The van der Waals surface area contributed by atoms with Crippen LogP contribution in [0.1, 0.15) is 46.0 Å². The molecule has 0 fully saturated rings. The number of ether oxygens (including phenoxy) is 1. The van der Waals surface area contributed by atoms with Gasteiger partial charge >= 0.3 is 0 Å². The van der Waals surface area contributed by atoms with E-state index in [1.807, 2.05) is 24.3 Å². The molecule has 2 rings (SSSR count). The largest absolute Gasteiger partial charge is 0.496 e. The van der Waals surface area contributed by atoms with Crippen molar-refractivity contribution in [3.63, 3.8) is 0 Å². The summed E-state index contributed by atoms with van der Waals surface area (Å²) in [6.07, 6.45) is 2.67. The number of unbranched alkanes of at least 4 members (excludes halogenated alkanes) is 1. The fourth-order valence-electron chi connectivity index (χ4n) is 2.83. The first kappa shape index (κ1) is 20.5. The number of nitrogens with zero attached hydrogens (tertiary/aromatic N) is 1. The number of hydrogen-bond donors (Lipinski definition) is 1. The van der Waals surface area contributed by atoms with E-state index in [2.05, 4.69) is 12.2 Å². The van der Waals surface area contributed by atoms with Gasteiger partial charge in [0.25, 0.3) is 11.8 Å². The number of hydrogen-bond acceptors (Lipinski definition) is 3. The Morgan fingerprint density at radius 2 is 1.81 bits per heavy atom. The highest BCUT2D eigenvalue weighted by Gasteiger charge is 2.14. The van der Waals surface area contributed by atoms with E-state index in [4.69, 9.17) is 4.74 Å². The van der Waals surface area contributed by atoms with Crippen molar-refractivity contribution >= 4 is 11.8 Å². The van der Waals surface area contributed by atoms with Gasteiger partial charge in [-0.2, -0.15) is 0 Å². The molecule has 0 saturated carbocycles. The predicted octanol–water partition coefficient (Wildman–Crippen LogP) is 3.54. The van der Waals surface area contributed by atoms with Crippen molar-refractivity contribution in [3.05, 3.63) is 65.2 Å². The summed E-state index contributed by atoms with van der Waals surface area (Å²) >= 11 is 0. The maximum absolute atomic E-state index is 12.5. The van der Waals surface area contributed by atoms with E-state index < -0.39 is 0 Å². The molecule has 27 heavy (non-hydrogen) atoms. The van der Waals surface area contributed by atoms with Crippen LogP contribution in [-0.2, 0) is 6.42 Å². The third-order valence-corrected chi connectivity index (χ3v) is 4.44. The third-order valence-electron chi connectivity index (χ3n) is 4.44. The average molecular weight is 368 g/mol. The number of carbonyl (C=O) groups is 2. The zero-order valence-corrected chi connectivity index (χ0v) is 16.3. The Hall–Kier alpha value is -2.82. The molecule has 5 nitrogen and oxygen atoms in total. The highest BCUT2D eigenvalue weighted by atomic mass is 16.5. The van der Waals surface area contributed by atoms with Gasteiger partial charge in [-0.1, -0.05) is 37.6 Å². The molecular weight excluding hydrogens is 340 g/mol. The molecular formula is C22H28N2O3. The fraction of sp³-hybridized carbons (Fsp3) is 0.364. The molecule has 2 aromatic rings. The van der Waals surface area contributed by atoms with Crippen molar-refractivity contribution < 1.29 is 14.3 Å². The molecule has 0 atom stereocenters. The Morgan fingerprint density at radius 1 is 1.07 bits per heavy atom. The van der Waals surface area contributed by atoms with Crippen LogP contribution in [0.4, 0.5) is 0 Å². The summed E-state index contributed by atoms with van der Waals surface area (Å²) in [5.41, 5.74) is 2.07. The van der Waals surface area contributed by atoms with Gasteiger partial charge in [-0.15, -0.1) is 0 Å². The number of para-hydroxylation sites is 1. The first-order valence-corrected chi connectivity index (χ1v) is 9.32. The van der Waals surface area contributed by atoms with Gasteiger partial charge in [0.15, 0.2) is 0 Å². The highest BCUT2D eigenvalue weighted by Crippen LogP contribution is 2.17. The standard InChI is InChI=1S/C22H28N2O3/c1-4-5-15-24(2)22(26)19-11-8-10-18(16-19)21(25)23-14-13-17-9-6-7-12-20(17)27-3/h6-12,16H,4-5,13-15H2,1-3H3,(H,23,25). The van der Waals surface area contributed by atoms with E-state index in [1.165, 1.54) is 0 Å². The molecule has 0 saturated heterocycles. The molecule has 144 valence electrons. The van der Waals surface area contributed by atoms with Gasteiger partial charge in [0, 0.05) is 31.3 Å². The molecule has 0 bridgehead atoms. The molecule has 0 heterocycles. The van der Waals surface area contributed by atoms with Gasteiger partial charge in [-0.25, -0.2) is 0 Å². The van der Waals surface area contributed by atoms with Crippen molar-refractivity contribution in [2.45, 2.75) is 26.2 Å². The van der Waals surface area contributed by atoms with Gasteiger partial charge in [0.05, 0.1) is 7.11 Å². The quantitative estimate of drug-likeness (QED) is 0.736. The van der Waals surface area contributed by atoms with Crippen LogP contribution in [-0.4, -0.2) is 44.0 Å². The van der Waals surface area contributed by atoms with Crippen molar-refractivity contribution in [3.8, 4) is 5.75 Å². The number of benzene rings is 2. The van der Waals surface area contributed by atoms with Crippen LogP contribution < -0.4 is 10.1 Å². The lowest BCUT2D eigenvalue weighted by Crippen LogP contribution is -2.29. The van der Waals surface area contributed by atoms with Crippen molar-refractivity contribution in [1.82, 2.24) is 10.2 Å². The summed E-state index contributed by atoms with van der Waals surface area (Å²) < 4.78 is 5.33. The van der Waals surface area contributed by atoms with Gasteiger partial charge in [-0.05, 0) is 42.7 Å². The molecule has 2 amide bonds. The number of carbonyl (C=O) groups excluding carboxylic acids is 2. The van der Waals surface area contributed by atoms with Gasteiger partial charge in [0.2, 0.25) is 0 Å². The minimum Gasteiger partial charge on any atom is -0.496 e. The lowest BCUT2D eigenvalue weighted by Gasteiger charge is -2.17. The van der Waals surface area contributed by atoms with Crippen molar-refractivity contribution in [2.24, 2.45) is 0 Å². The van der Waals surface area contributed by atoms with Crippen LogP contribution >= 0.6 is 0 Å². The zero-order valence-electron chi connectivity index (χ0n) is 16.3. The Morgan fingerprint density at radius 3 is 2.56 bits per heavy atom. The lowest BCUT2D eigenvalue weighted by molar-refractivity contribution is 0.0793. The number of rotatable bonds is 9. The minimum atomic E-state index is -0.184. The molecule has 2 aromatic carbocycles. The van der Waals surface area contributed by atoms with Crippen LogP contribution in [0, 0.1) is 0 Å². The topological polar surface area (TPSA) is 58.6 Å². The smallest absolute Gasteiger partial charge is 0.253 e. The van der Waals surface area contributed by atoms with E-state index in [0.29, 0.717) is 30.6 Å². The fourth-order valence-corrected chi connectivity index (χ4v) is 2.83. The summed E-state index contributed by atoms with van der Waals surface area (Å²) in [6, 6.07) is 14.6. The summed E-state index contributed by atoms with van der Waals surface area (Å²) in [4.78, 5) is 26.6. The molecule has 0 aliphatic carbocycles. The van der Waals surface area contributed by atoms with Gasteiger partial charge in [-0.3, -0.25) is 9.59 Å². The first-order valence-electron chi connectivity index (χ1n) is 9.32. The maximum atomic E-state index is 12.5. The number of nitrogens with one attached hydrogen (secondary N) is 1. The maximum Gasteiger partial charge on any atom is 0.253 e. The van der Waals surface area contributed by atoms with Crippen LogP contribution in [0.5, 0.6) is 5.75 Å². The van der Waals surface area contributed by atoms with Crippen LogP contribution in [0.15, 0.2) is 48.5 Å². The van der Waals surface area contributed by atoms with E-state index in [-0.39, 0.29) is 11.8 Å². The lowest BCUT2D eigenvalue weighted by atomic mass is 10.1. The Bertz CT molecular complexity index is 774. The SMILES string of the molecule is CCCCN(C)C(=O)c1cccc(C(=O)NCCc2ccccc2OC)c1. The predicted molar refractivity (Wildman–Crippen MR) is 107 cm³/mol. The summed E-state index contributed by atoms with van der Waals surface area (Å²) in [6.45, 7) is 3.30. The molecule has 0 aromatic heterocycles. The highest BCUT2D eigenvalue weighted by molar-refractivity contribution is 5.99. The van der Waals surface area contributed by atoms with Crippen LogP contribution in [0.2, 0.25) is 0 Å². The second-order valence-electron chi connectivity index (χ2n) is 6.48. The second-order valence-corrected chi connectivity index (χ2v) is 6.48. The molecule has 1 N–H and O–H groups in total. The molecule has 0 spiro atoms. The monoisotopic (exact) mass is 368 g/mol. The third kappa shape index (κ3) is 5.84. The first-order chi connectivity index (χ1) is 13.1. The van der Waals surface area contributed by atoms with E-state index in [0.717, 1.165) is 24.2 Å². The number of methoxy groups -OCH3 is 1. The number of amides is 2. The minimum absolute atomic E-state index is 0.0629. The Balaban J connectivity index is 1.95. The van der Waals surface area contributed by atoms with E-state index in [9.17, 15) is 9.59 Å². The van der Waals surface area contributed by atoms with Gasteiger partial charge < -0.3 is 15.0 Å². The van der Waals surface area contributed by atoms with Gasteiger partial charge in [0.1, 0.15) is 5.75 Å².